The number of aliphatic hydroxyl groups is 1. The molecule has 0 saturated carbocycles. The lowest BCUT2D eigenvalue weighted by atomic mass is 10.2. The van der Waals surface area contributed by atoms with Crippen molar-refractivity contribution in [3.05, 3.63) is 51.7 Å². The molecule has 19 heavy (non-hydrogen) atoms. The molecule has 1 heterocycles. The molecule has 0 aliphatic rings. The number of aliphatic hydroxyl groups excluding tert-OH is 1. The Bertz CT molecular complexity index is 595. The van der Waals surface area contributed by atoms with Crippen molar-refractivity contribution in [3.8, 4) is 17.6 Å². The summed E-state index contributed by atoms with van der Waals surface area (Å²) in [5.74, 6) is 6.52. The second-order valence-corrected chi connectivity index (χ2v) is 4.86. The summed E-state index contributed by atoms with van der Waals surface area (Å²) in [6.07, 6.45) is 0. The SMILES string of the molecule is NCC#Cc1csc(COc2ccccc2CO)c1. The Labute approximate surface area is 116 Å². The first-order chi connectivity index (χ1) is 9.33. The zero-order chi connectivity index (χ0) is 13.5. The third-order valence-corrected chi connectivity index (χ3v) is 3.41. The van der Waals surface area contributed by atoms with Gasteiger partial charge in [0.15, 0.2) is 0 Å². The molecule has 0 saturated heterocycles. The number of hydrogen-bond acceptors (Lipinski definition) is 4. The van der Waals surface area contributed by atoms with Gasteiger partial charge in [-0.25, -0.2) is 0 Å². The van der Waals surface area contributed by atoms with Crippen molar-refractivity contribution in [1.82, 2.24) is 0 Å². The van der Waals surface area contributed by atoms with Gasteiger partial charge in [-0.1, -0.05) is 30.0 Å². The molecule has 0 aliphatic carbocycles. The van der Waals surface area contributed by atoms with Gasteiger partial charge in [0.2, 0.25) is 0 Å². The number of para-hydroxylation sites is 1. The Morgan fingerprint density at radius 2 is 2.16 bits per heavy atom. The zero-order valence-corrected chi connectivity index (χ0v) is 11.2. The van der Waals surface area contributed by atoms with E-state index in [1.54, 1.807) is 11.3 Å². The van der Waals surface area contributed by atoms with Crippen molar-refractivity contribution in [2.45, 2.75) is 13.2 Å². The number of nitrogens with two attached hydrogens (primary N) is 1. The van der Waals surface area contributed by atoms with E-state index in [4.69, 9.17) is 10.5 Å². The Balaban J connectivity index is 2.00. The Hall–Kier alpha value is -1.80. The van der Waals surface area contributed by atoms with Crippen LogP contribution in [-0.4, -0.2) is 11.7 Å². The van der Waals surface area contributed by atoms with Crippen LogP contribution in [0.4, 0.5) is 0 Å². The van der Waals surface area contributed by atoms with Crippen LogP contribution in [0.15, 0.2) is 35.7 Å². The maximum absolute atomic E-state index is 9.21. The van der Waals surface area contributed by atoms with Gasteiger partial charge >= 0.3 is 0 Å². The maximum atomic E-state index is 9.21. The van der Waals surface area contributed by atoms with Gasteiger partial charge in [0.05, 0.1) is 13.2 Å². The third-order valence-electron chi connectivity index (χ3n) is 2.50. The van der Waals surface area contributed by atoms with Gasteiger partial charge in [-0.3, -0.25) is 0 Å². The van der Waals surface area contributed by atoms with Crippen molar-refractivity contribution in [3.63, 3.8) is 0 Å². The minimum Gasteiger partial charge on any atom is -0.488 e. The highest BCUT2D eigenvalue weighted by Gasteiger charge is 2.03. The van der Waals surface area contributed by atoms with Gasteiger partial charge in [0, 0.05) is 21.4 Å². The summed E-state index contributed by atoms with van der Waals surface area (Å²) in [5.41, 5.74) is 7.09. The van der Waals surface area contributed by atoms with Gasteiger partial charge in [-0.05, 0) is 12.1 Å². The molecule has 0 bridgehead atoms. The molecule has 3 N–H and O–H groups in total. The molecule has 0 atom stereocenters. The van der Waals surface area contributed by atoms with Crippen LogP contribution in [0.3, 0.4) is 0 Å². The van der Waals surface area contributed by atoms with E-state index >= 15 is 0 Å². The summed E-state index contributed by atoms with van der Waals surface area (Å²) in [5, 5.41) is 11.2. The van der Waals surface area contributed by atoms with Gasteiger partial charge in [-0.15, -0.1) is 11.3 Å². The predicted molar refractivity (Wildman–Crippen MR) is 76.9 cm³/mol. The van der Waals surface area contributed by atoms with Crippen LogP contribution in [0, 0.1) is 11.8 Å². The summed E-state index contributed by atoms with van der Waals surface area (Å²) in [4.78, 5) is 1.09. The molecule has 1 aromatic heterocycles. The summed E-state index contributed by atoms with van der Waals surface area (Å²) >= 11 is 1.60. The number of thiophene rings is 1. The summed E-state index contributed by atoms with van der Waals surface area (Å²) < 4.78 is 5.71. The Morgan fingerprint density at radius 1 is 1.32 bits per heavy atom. The molecule has 1 aromatic carbocycles. The lowest BCUT2D eigenvalue weighted by molar-refractivity contribution is 0.260. The number of hydrogen-bond donors (Lipinski definition) is 2. The van der Waals surface area contributed by atoms with Crippen molar-refractivity contribution in [1.29, 1.82) is 0 Å². The number of rotatable bonds is 4. The largest absolute Gasteiger partial charge is 0.488 e. The standard InChI is InChI=1S/C15H15NO2S/c16-7-3-4-12-8-14(19-11-12)10-18-15-6-2-1-5-13(15)9-17/h1-2,5-6,8,11,17H,7,9-10,16H2. The fourth-order valence-corrected chi connectivity index (χ4v) is 2.33. The monoisotopic (exact) mass is 273 g/mol. The third kappa shape index (κ3) is 3.83. The fourth-order valence-electron chi connectivity index (χ4n) is 1.60. The average molecular weight is 273 g/mol. The molecular weight excluding hydrogens is 258 g/mol. The van der Waals surface area contributed by atoms with Crippen molar-refractivity contribution in [2.75, 3.05) is 6.54 Å². The lowest BCUT2D eigenvalue weighted by Crippen LogP contribution is -1.96. The lowest BCUT2D eigenvalue weighted by Gasteiger charge is -2.08. The maximum Gasteiger partial charge on any atom is 0.125 e. The zero-order valence-electron chi connectivity index (χ0n) is 10.4. The van der Waals surface area contributed by atoms with E-state index < -0.39 is 0 Å². The number of ether oxygens (including phenoxy) is 1. The van der Waals surface area contributed by atoms with Gasteiger partial charge in [0.25, 0.3) is 0 Å². The van der Waals surface area contributed by atoms with Crippen LogP contribution in [0.5, 0.6) is 5.75 Å². The van der Waals surface area contributed by atoms with Crippen molar-refractivity contribution >= 4 is 11.3 Å². The van der Waals surface area contributed by atoms with Crippen LogP contribution >= 0.6 is 11.3 Å². The van der Waals surface area contributed by atoms with E-state index in [0.717, 1.165) is 16.0 Å². The van der Waals surface area contributed by atoms with Crippen LogP contribution in [0.25, 0.3) is 0 Å². The van der Waals surface area contributed by atoms with E-state index in [0.29, 0.717) is 18.9 Å². The van der Waals surface area contributed by atoms with Crippen LogP contribution < -0.4 is 10.5 Å². The molecule has 3 nitrogen and oxygen atoms in total. The Kier molecular flexibility index (Phi) is 4.99. The first kappa shape index (κ1) is 13.6. The molecular formula is C15H15NO2S. The minimum atomic E-state index is -0.0200. The van der Waals surface area contributed by atoms with Gasteiger partial charge < -0.3 is 15.6 Å². The van der Waals surface area contributed by atoms with Crippen LogP contribution in [0.2, 0.25) is 0 Å². The molecule has 2 aromatic rings. The Morgan fingerprint density at radius 3 is 2.95 bits per heavy atom. The highest BCUT2D eigenvalue weighted by atomic mass is 32.1. The molecule has 4 heteroatoms. The molecule has 0 radical (unpaired) electrons. The molecule has 0 amide bonds. The second kappa shape index (κ2) is 6.95. The highest BCUT2D eigenvalue weighted by Crippen LogP contribution is 2.21. The predicted octanol–water partition coefficient (Wildman–Crippen LogP) is 2.13. The van der Waals surface area contributed by atoms with Gasteiger partial charge in [0.1, 0.15) is 12.4 Å². The average Bonchev–Trinajstić information content (AvgIpc) is 2.91. The van der Waals surface area contributed by atoms with Crippen molar-refractivity contribution in [2.24, 2.45) is 5.73 Å². The molecule has 0 aliphatic heterocycles. The molecule has 0 spiro atoms. The van der Waals surface area contributed by atoms with Crippen molar-refractivity contribution < 1.29 is 9.84 Å². The molecule has 98 valence electrons. The summed E-state index contributed by atoms with van der Waals surface area (Å²) in [6.45, 7) is 0.825. The fraction of sp³-hybridized carbons (Fsp3) is 0.200. The van der Waals surface area contributed by atoms with Crippen LogP contribution in [-0.2, 0) is 13.2 Å². The van der Waals surface area contributed by atoms with E-state index in [1.165, 1.54) is 0 Å². The van der Waals surface area contributed by atoms with E-state index in [1.807, 2.05) is 35.7 Å². The first-order valence-electron chi connectivity index (χ1n) is 5.91. The molecule has 0 unspecified atom stereocenters. The summed E-state index contributed by atoms with van der Waals surface area (Å²) in [6, 6.07) is 9.47. The van der Waals surface area contributed by atoms with Crippen LogP contribution in [0.1, 0.15) is 16.0 Å². The van der Waals surface area contributed by atoms with E-state index in [2.05, 4.69) is 11.8 Å². The topological polar surface area (TPSA) is 55.5 Å². The second-order valence-electron chi connectivity index (χ2n) is 3.86. The first-order valence-corrected chi connectivity index (χ1v) is 6.79. The summed E-state index contributed by atoms with van der Waals surface area (Å²) in [7, 11) is 0. The quantitative estimate of drug-likeness (QED) is 0.839. The molecule has 0 fully saturated rings. The van der Waals surface area contributed by atoms with Gasteiger partial charge in [-0.2, -0.15) is 0 Å². The smallest absolute Gasteiger partial charge is 0.125 e. The van der Waals surface area contributed by atoms with E-state index in [-0.39, 0.29) is 6.61 Å². The van der Waals surface area contributed by atoms with E-state index in [9.17, 15) is 5.11 Å². The normalized spacial score (nSPS) is 9.79. The highest BCUT2D eigenvalue weighted by molar-refractivity contribution is 7.10. The number of benzene rings is 1. The molecule has 2 rings (SSSR count). The minimum absolute atomic E-state index is 0.0200.